The molecule has 0 saturated heterocycles. The molecule has 3 heteroatoms. The Morgan fingerprint density at radius 1 is 0.400 bits per heavy atom. The minimum absolute atomic E-state index is 0.913. The standard InChI is InChI=1S/C42H26N2O/c1-2-13-28(14-3-1)44-36-21-7-4-16-31(36)33-24-25-38-40(41(33)44)35-18-5-8-22-37(35)43(38)29-15-10-12-27(26-29)30-19-11-20-34-32-17-6-9-23-39(32)45-42(30)34/h1-26H. The van der Waals surface area contributed by atoms with Gasteiger partial charge in [0.15, 0.2) is 0 Å². The van der Waals surface area contributed by atoms with Gasteiger partial charge in [0.2, 0.25) is 0 Å². The van der Waals surface area contributed by atoms with Crippen molar-refractivity contribution in [1.82, 2.24) is 9.13 Å². The van der Waals surface area contributed by atoms with E-state index in [1.54, 1.807) is 0 Å². The Morgan fingerprint density at radius 3 is 1.93 bits per heavy atom. The van der Waals surface area contributed by atoms with Crippen LogP contribution in [0.25, 0.3) is 88.1 Å². The predicted molar refractivity (Wildman–Crippen MR) is 188 cm³/mol. The highest BCUT2D eigenvalue weighted by Crippen LogP contribution is 2.42. The van der Waals surface area contributed by atoms with Crippen molar-refractivity contribution in [1.29, 1.82) is 0 Å². The quantitative estimate of drug-likeness (QED) is 0.206. The van der Waals surface area contributed by atoms with E-state index in [1.165, 1.54) is 43.6 Å². The molecule has 0 unspecified atom stereocenters. The van der Waals surface area contributed by atoms with Crippen LogP contribution in [0.1, 0.15) is 0 Å². The van der Waals surface area contributed by atoms with Gasteiger partial charge in [-0.1, -0.05) is 109 Å². The maximum absolute atomic E-state index is 6.43. The van der Waals surface area contributed by atoms with E-state index < -0.39 is 0 Å². The first-order valence-electron chi connectivity index (χ1n) is 15.4. The van der Waals surface area contributed by atoms with Gasteiger partial charge in [-0.25, -0.2) is 0 Å². The lowest BCUT2D eigenvalue weighted by Gasteiger charge is -2.11. The van der Waals surface area contributed by atoms with Gasteiger partial charge in [-0.05, 0) is 54.1 Å². The van der Waals surface area contributed by atoms with Crippen LogP contribution in [0.2, 0.25) is 0 Å². The smallest absolute Gasteiger partial charge is 0.143 e. The van der Waals surface area contributed by atoms with Crippen LogP contribution >= 0.6 is 0 Å². The average Bonchev–Trinajstić information content (AvgIpc) is 3.76. The second kappa shape index (κ2) is 9.22. The molecule has 0 saturated carbocycles. The molecule has 3 heterocycles. The molecule has 0 fully saturated rings. The third-order valence-electron chi connectivity index (χ3n) is 9.30. The van der Waals surface area contributed by atoms with Gasteiger partial charge in [0.25, 0.3) is 0 Å². The van der Waals surface area contributed by atoms with Crippen molar-refractivity contribution < 1.29 is 4.42 Å². The Hall–Kier alpha value is -6.06. The van der Waals surface area contributed by atoms with E-state index in [-0.39, 0.29) is 0 Å². The monoisotopic (exact) mass is 574 g/mol. The Bertz CT molecular complexity index is 2760. The SMILES string of the molecule is c1ccc(-n2c3ccccc3c3ccc4c(c5ccccc5n4-c4cccc(-c5cccc6c5oc5ccccc56)c4)c32)cc1. The van der Waals surface area contributed by atoms with Gasteiger partial charge in [0, 0.05) is 49.3 Å². The number of aromatic nitrogens is 2. The molecule has 0 bridgehead atoms. The van der Waals surface area contributed by atoms with Crippen LogP contribution in [-0.4, -0.2) is 9.13 Å². The zero-order valence-corrected chi connectivity index (χ0v) is 24.3. The first-order chi connectivity index (χ1) is 22.3. The fourth-order valence-electron chi connectivity index (χ4n) is 7.42. The van der Waals surface area contributed by atoms with Crippen LogP contribution in [-0.2, 0) is 0 Å². The second-order valence-corrected chi connectivity index (χ2v) is 11.7. The van der Waals surface area contributed by atoms with E-state index in [1.807, 2.05) is 12.1 Å². The number of hydrogen-bond donors (Lipinski definition) is 0. The minimum atomic E-state index is 0.913. The van der Waals surface area contributed by atoms with Crippen LogP contribution in [0.5, 0.6) is 0 Å². The molecule has 0 radical (unpaired) electrons. The summed E-state index contributed by atoms with van der Waals surface area (Å²) in [6.07, 6.45) is 0. The van der Waals surface area contributed by atoms with Gasteiger partial charge in [0.05, 0.1) is 22.1 Å². The van der Waals surface area contributed by atoms with E-state index in [4.69, 9.17) is 4.42 Å². The van der Waals surface area contributed by atoms with Crippen molar-refractivity contribution in [3.63, 3.8) is 0 Å². The predicted octanol–water partition coefficient (Wildman–Crippen LogP) is 11.4. The highest BCUT2D eigenvalue weighted by Gasteiger charge is 2.21. The lowest BCUT2D eigenvalue weighted by molar-refractivity contribution is 0.670. The topological polar surface area (TPSA) is 23.0 Å². The maximum atomic E-state index is 6.43. The van der Waals surface area contributed by atoms with Crippen LogP contribution in [0.4, 0.5) is 0 Å². The molecule has 0 N–H and O–H groups in total. The minimum Gasteiger partial charge on any atom is -0.455 e. The van der Waals surface area contributed by atoms with Crippen LogP contribution in [0.15, 0.2) is 162 Å². The second-order valence-electron chi connectivity index (χ2n) is 11.7. The number of nitrogens with zero attached hydrogens (tertiary/aromatic N) is 2. The van der Waals surface area contributed by atoms with Crippen LogP contribution in [0.3, 0.4) is 0 Å². The number of benzene rings is 7. The summed E-state index contributed by atoms with van der Waals surface area (Å²) in [6.45, 7) is 0. The third kappa shape index (κ3) is 3.41. The van der Waals surface area contributed by atoms with Gasteiger partial charge < -0.3 is 13.6 Å². The zero-order valence-electron chi connectivity index (χ0n) is 24.3. The van der Waals surface area contributed by atoms with E-state index in [2.05, 4.69) is 155 Å². The molecule has 210 valence electrons. The molecule has 3 aromatic heterocycles. The molecule has 0 aliphatic heterocycles. The summed E-state index contributed by atoms with van der Waals surface area (Å²) in [5, 5.41) is 7.30. The Kier molecular flexibility index (Phi) is 5.00. The van der Waals surface area contributed by atoms with Gasteiger partial charge in [0.1, 0.15) is 11.2 Å². The van der Waals surface area contributed by atoms with Gasteiger partial charge >= 0.3 is 0 Å². The number of furan rings is 1. The summed E-state index contributed by atoms with van der Waals surface area (Å²) >= 11 is 0. The molecule has 10 aromatic rings. The fourth-order valence-corrected chi connectivity index (χ4v) is 7.42. The molecule has 0 aliphatic carbocycles. The molecular weight excluding hydrogens is 548 g/mol. The van der Waals surface area contributed by atoms with Crippen molar-refractivity contribution >= 4 is 65.6 Å². The summed E-state index contributed by atoms with van der Waals surface area (Å²) in [6, 6.07) is 56.4. The van der Waals surface area contributed by atoms with Gasteiger partial charge in [-0.3, -0.25) is 0 Å². The lowest BCUT2D eigenvalue weighted by Crippen LogP contribution is -1.95. The molecule has 45 heavy (non-hydrogen) atoms. The van der Waals surface area contributed by atoms with E-state index in [0.717, 1.165) is 44.4 Å². The first kappa shape index (κ1) is 24.4. The summed E-state index contributed by atoms with van der Waals surface area (Å²) in [4.78, 5) is 0. The summed E-state index contributed by atoms with van der Waals surface area (Å²) in [5.74, 6) is 0. The number of rotatable bonds is 3. The van der Waals surface area contributed by atoms with E-state index in [0.29, 0.717) is 0 Å². The Morgan fingerprint density at radius 2 is 1.07 bits per heavy atom. The lowest BCUT2D eigenvalue weighted by atomic mass is 10.0. The summed E-state index contributed by atoms with van der Waals surface area (Å²) in [5.41, 5.74) is 11.2. The molecule has 10 rings (SSSR count). The molecule has 0 spiro atoms. The maximum Gasteiger partial charge on any atom is 0.143 e. The number of fused-ring (bicyclic) bond motifs is 10. The molecule has 0 amide bonds. The first-order valence-corrected chi connectivity index (χ1v) is 15.4. The number of para-hydroxylation sites is 5. The normalized spacial score (nSPS) is 12.0. The van der Waals surface area contributed by atoms with Gasteiger partial charge in [-0.2, -0.15) is 0 Å². The van der Waals surface area contributed by atoms with Crippen molar-refractivity contribution in [2.75, 3.05) is 0 Å². The molecule has 0 atom stereocenters. The molecular formula is C42H26N2O. The molecule has 0 aliphatic rings. The average molecular weight is 575 g/mol. The highest BCUT2D eigenvalue weighted by molar-refractivity contribution is 6.26. The number of hydrogen-bond acceptors (Lipinski definition) is 1. The van der Waals surface area contributed by atoms with Crippen LogP contribution in [0, 0.1) is 0 Å². The molecule has 3 nitrogen and oxygen atoms in total. The van der Waals surface area contributed by atoms with E-state index in [9.17, 15) is 0 Å². The van der Waals surface area contributed by atoms with Gasteiger partial charge in [-0.15, -0.1) is 0 Å². The fraction of sp³-hybridized carbons (Fsp3) is 0. The van der Waals surface area contributed by atoms with Crippen molar-refractivity contribution in [3.05, 3.63) is 158 Å². The molecule has 7 aromatic carbocycles. The summed E-state index contributed by atoms with van der Waals surface area (Å²) in [7, 11) is 0. The van der Waals surface area contributed by atoms with Crippen molar-refractivity contribution in [2.24, 2.45) is 0 Å². The van der Waals surface area contributed by atoms with E-state index >= 15 is 0 Å². The van der Waals surface area contributed by atoms with Crippen molar-refractivity contribution in [2.45, 2.75) is 0 Å². The Balaban J connectivity index is 1.29. The summed E-state index contributed by atoms with van der Waals surface area (Å²) < 4.78 is 11.3. The Labute approximate surface area is 258 Å². The third-order valence-corrected chi connectivity index (χ3v) is 9.30. The van der Waals surface area contributed by atoms with Crippen molar-refractivity contribution in [3.8, 4) is 22.5 Å². The zero-order chi connectivity index (χ0) is 29.5. The van der Waals surface area contributed by atoms with Crippen LogP contribution < -0.4 is 0 Å². The largest absolute Gasteiger partial charge is 0.455 e. The highest BCUT2D eigenvalue weighted by atomic mass is 16.3.